The van der Waals surface area contributed by atoms with Gasteiger partial charge in [-0.3, -0.25) is 19.8 Å². The Balaban J connectivity index is 0.000000587. The lowest BCUT2D eigenvalue weighted by Gasteiger charge is -2.33. The number of amides is 2. The van der Waals surface area contributed by atoms with Crippen LogP contribution >= 0.6 is 0 Å². The zero-order valence-corrected chi connectivity index (χ0v) is 22.5. The molecule has 2 aromatic carbocycles. The van der Waals surface area contributed by atoms with E-state index in [0.717, 1.165) is 47.8 Å². The highest BCUT2D eigenvalue weighted by atomic mass is 19.4. The van der Waals surface area contributed by atoms with Crippen LogP contribution in [0.2, 0.25) is 0 Å². The van der Waals surface area contributed by atoms with E-state index in [4.69, 9.17) is 19.8 Å². The van der Waals surface area contributed by atoms with Gasteiger partial charge in [-0.25, -0.2) is 10.3 Å². The third-order valence-electron chi connectivity index (χ3n) is 6.75. The first kappa shape index (κ1) is 31.3. The number of hydrogen-bond acceptors (Lipinski definition) is 6. The lowest BCUT2D eigenvalue weighted by atomic mass is 9.86. The molecule has 1 aliphatic carbocycles. The normalized spacial score (nSPS) is 14.7. The number of ether oxygens (including phenoxy) is 1. The predicted molar refractivity (Wildman–Crippen MR) is 143 cm³/mol. The molecule has 1 aromatic heterocycles. The topological polar surface area (TPSA) is 138 Å². The Kier molecular flexibility index (Phi) is 10.6. The average Bonchev–Trinajstić information content (AvgIpc) is 3.16. The van der Waals surface area contributed by atoms with Crippen LogP contribution in [-0.4, -0.2) is 44.8 Å². The predicted octanol–water partition coefficient (Wildman–Crippen LogP) is 5.47. The number of pyridine rings is 1. The van der Waals surface area contributed by atoms with Crippen molar-refractivity contribution in [3.05, 3.63) is 71.4 Å². The summed E-state index contributed by atoms with van der Waals surface area (Å²) in [5.41, 5.74) is 4.51. The van der Waals surface area contributed by atoms with E-state index in [0.29, 0.717) is 30.8 Å². The number of aliphatic carboxylic acids is 1. The molecule has 12 heteroatoms. The third-order valence-corrected chi connectivity index (χ3v) is 6.75. The quantitative estimate of drug-likeness (QED) is 0.166. The summed E-state index contributed by atoms with van der Waals surface area (Å²) in [6, 6.07) is 17.0. The van der Waals surface area contributed by atoms with E-state index >= 15 is 0 Å². The number of carboxylic acid groups (broad SMARTS) is 1. The Morgan fingerprint density at radius 2 is 1.61 bits per heavy atom. The minimum Gasteiger partial charge on any atom is -0.489 e. The van der Waals surface area contributed by atoms with E-state index in [2.05, 4.69) is 10.3 Å². The van der Waals surface area contributed by atoms with Crippen molar-refractivity contribution in [1.29, 1.82) is 0 Å². The Hall–Kier alpha value is -4.19. The Labute approximate surface area is 234 Å². The van der Waals surface area contributed by atoms with Crippen LogP contribution in [0.1, 0.15) is 66.6 Å². The standard InChI is InChI=1S/C27H31N3O4.C2HF3O2/c1-19-16-21(23-8-4-5-9-24(23)28-19)18-34-22-12-10-20(11-13-22)26(32)29-27(17-25(31)30-33)14-6-2-3-7-15-27;3-2(4,5)1(6)7/h4-5,8-13,16,33H,2-3,6-7,14-15,17-18H2,1H3,(H,29,32)(H,30,31);(H,6,7). The molecule has 1 heterocycles. The number of rotatable bonds is 7. The average molecular weight is 576 g/mol. The van der Waals surface area contributed by atoms with Crippen molar-refractivity contribution in [3.63, 3.8) is 0 Å². The number of carbonyl (C=O) groups excluding carboxylic acids is 2. The second kappa shape index (κ2) is 13.9. The van der Waals surface area contributed by atoms with Crippen LogP contribution in [0.5, 0.6) is 5.75 Å². The summed E-state index contributed by atoms with van der Waals surface area (Å²) in [4.78, 5) is 38.4. The number of carboxylic acids is 1. The molecule has 2 amide bonds. The van der Waals surface area contributed by atoms with E-state index in [9.17, 15) is 22.8 Å². The number of nitrogens with zero attached hydrogens (tertiary/aromatic N) is 1. The molecule has 0 atom stereocenters. The first-order valence-corrected chi connectivity index (χ1v) is 13.1. The van der Waals surface area contributed by atoms with E-state index in [1.165, 1.54) is 0 Å². The fourth-order valence-corrected chi connectivity index (χ4v) is 4.79. The van der Waals surface area contributed by atoms with E-state index in [1.807, 2.05) is 37.3 Å². The molecule has 1 aliphatic rings. The zero-order chi connectivity index (χ0) is 30.0. The maximum Gasteiger partial charge on any atom is 0.490 e. The lowest BCUT2D eigenvalue weighted by molar-refractivity contribution is -0.192. The van der Waals surface area contributed by atoms with Crippen molar-refractivity contribution in [1.82, 2.24) is 15.8 Å². The largest absolute Gasteiger partial charge is 0.490 e. The molecule has 0 spiro atoms. The molecular formula is C29H32F3N3O6. The monoisotopic (exact) mass is 575 g/mol. The van der Waals surface area contributed by atoms with E-state index in [-0.39, 0.29) is 12.3 Å². The molecule has 41 heavy (non-hydrogen) atoms. The van der Waals surface area contributed by atoms with Crippen molar-refractivity contribution >= 4 is 28.7 Å². The summed E-state index contributed by atoms with van der Waals surface area (Å²) in [7, 11) is 0. The SMILES string of the molecule is Cc1cc(COc2ccc(C(=O)NC3(CC(=O)NO)CCCCCC3)cc2)c2ccccc2n1.O=C(O)C(F)(F)F. The van der Waals surface area contributed by atoms with E-state index < -0.39 is 23.6 Å². The lowest BCUT2D eigenvalue weighted by Crippen LogP contribution is -2.50. The fraction of sp³-hybridized carbons (Fsp3) is 0.379. The van der Waals surface area contributed by atoms with Gasteiger partial charge in [0, 0.05) is 27.7 Å². The molecule has 0 unspecified atom stereocenters. The number of hydroxylamine groups is 1. The molecular weight excluding hydrogens is 543 g/mol. The Morgan fingerprint density at radius 3 is 2.20 bits per heavy atom. The van der Waals surface area contributed by atoms with Gasteiger partial charge in [0.1, 0.15) is 12.4 Å². The number of hydrogen-bond donors (Lipinski definition) is 4. The summed E-state index contributed by atoms with van der Waals surface area (Å²) >= 11 is 0. The fourth-order valence-electron chi connectivity index (χ4n) is 4.79. The van der Waals surface area contributed by atoms with Crippen molar-refractivity contribution in [3.8, 4) is 5.75 Å². The number of aryl methyl sites for hydroxylation is 1. The number of halogens is 3. The molecule has 0 saturated heterocycles. The van der Waals surface area contributed by atoms with Gasteiger partial charge in [-0.05, 0) is 56.2 Å². The molecule has 1 fully saturated rings. The van der Waals surface area contributed by atoms with Crippen LogP contribution in [0.3, 0.4) is 0 Å². The minimum atomic E-state index is -5.08. The number of aromatic nitrogens is 1. The Bertz CT molecular complexity index is 1350. The van der Waals surface area contributed by atoms with Crippen molar-refractivity contribution in [2.45, 2.75) is 70.2 Å². The van der Waals surface area contributed by atoms with Crippen LogP contribution in [-0.2, 0) is 16.2 Å². The third kappa shape index (κ3) is 9.17. The van der Waals surface area contributed by atoms with Gasteiger partial charge in [0.25, 0.3) is 5.91 Å². The Morgan fingerprint density at radius 1 is 1.00 bits per heavy atom. The molecule has 4 N–H and O–H groups in total. The van der Waals surface area contributed by atoms with Crippen LogP contribution in [0.15, 0.2) is 54.6 Å². The maximum absolute atomic E-state index is 13.0. The highest BCUT2D eigenvalue weighted by Gasteiger charge is 2.38. The van der Waals surface area contributed by atoms with Crippen molar-refractivity contribution in [2.75, 3.05) is 0 Å². The summed E-state index contributed by atoms with van der Waals surface area (Å²) in [5, 5.41) is 20.3. The van der Waals surface area contributed by atoms with Crippen molar-refractivity contribution in [2.24, 2.45) is 0 Å². The molecule has 9 nitrogen and oxygen atoms in total. The van der Waals surface area contributed by atoms with Gasteiger partial charge in [-0.1, -0.05) is 43.9 Å². The summed E-state index contributed by atoms with van der Waals surface area (Å²) in [6.45, 7) is 2.36. The molecule has 220 valence electrons. The minimum absolute atomic E-state index is 0.0652. The molecule has 0 aliphatic heterocycles. The highest BCUT2D eigenvalue weighted by Crippen LogP contribution is 2.31. The van der Waals surface area contributed by atoms with Gasteiger partial charge in [0.2, 0.25) is 5.91 Å². The number of fused-ring (bicyclic) bond motifs is 1. The number of para-hydroxylation sites is 1. The molecule has 0 bridgehead atoms. The second-order valence-electron chi connectivity index (χ2n) is 9.92. The molecule has 1 saturated carbocycles. The van der Waals surface area contributed by atoms with E-state index in [1.54, 1.807) is 29.7 Å². The molecule has 3 aromatic rings. The number of benzene rings is 2. The van der Waals surface area contributed by atoms with Gasteiger partial charge in [0.15, 0.2) is 0 Å². The van der Waals surface area contributed by atoms with Gasteiger partial charge in [0.05, 0.1) is 11.9 Å². The van der Waals surface area contributed by atoms with Crippen LogP contribution in [0.25, 0.3) is 10.9 Å². The van der Waals surface area contributed by atoms with Crippen LogP contribution in [0, 0.1) is 6.92 Å². The van der Waals surface area contributed by atoms with Gasteiger partial charge >= 0.3 is 12.1 Å². The summed E-state index contributed by atoms with van der Waals surface area (Å²) in [6.07, 6.45) is 0.451. The zero-order valence-electron chi connectivity index (χ0n) is 22.5. The van der Waals surface area contributed by atoms with Gasteiger partial charge < -0.3 is 15.2 Å². The van der Waals surface area contributed by atoms with Crippen molar-refractivity contribution < 1.29 is 42.6 Å². The molecule has 0 radical (unpaired) electrons. The number of alkyl halides is 3. The number of carbonyl (C=O) groups is 3. The highest BCUT2D eigenvalue weighted by molar-refractivity contribution is 5.95. The first-order chi connectivity index (χ1) is 19.4. The summed E-state index contributed by atoms with van der Waals surface area (Å²) < 4.78 is 37.7. The van der Waals surface area contributed by atoms with Crippen LogP contribution < -0.4 is 15.5 Å². The van der Waals surface area contributed by atoms with Gasteiger partial charge in [-0.2, -0.15) is 13.2 Å². The van der Waals surface area contributed by atoms with Crippen LogP contribution in [0.4, 0.5) is 13.2 Å². The molecule has 4 rings (SSSR count). The first-order valence-electron chi connectivity index (χ1n) is 13.1. The second-order valence-corrected chi connectivity index (χ2v) is 9.92. The number of nitrogens with one attached hydrogen (secondary N) is 2. The maximum atomic E-state index is 13.0. The smallest absolute Gasteiger partial charge is 0.489 e. The van der Waals surface area contributed by atoms with Gasteiger partial charge in [-0.15, -0.1) is 0 Å². The summed E-state index contributed by atoms with van der Waals surface area (Å²) in [5.74, 6) is -2.80.